The van der Waals surface area contributed by atoms with Gasteiger partial charge in [0.25, 0.3) is 11.5 Å². The van der Waals surface area contributed by atoms with E-state index in [2.05, 4.69) is 15.3 Å². The highest BCUT2D eigenvalue weighted by molar-refractivity contribution is 7.75. The van der Waals surface area contributed by atoms with E-state index in [0.29, 0.717) is 21.5 Å². The van der Waals surface area contributed by atoms with Crippen LogP contribution in [0, 0.1) is 19.7 Å². The third kappa shape index (κ3) is 4.88. The lowest BCUT2D eigenvalue weighted by atomic mass is 10.1. The summed E-state index contributed by atoms with van der Waals surface area (Å²) >= 11 is 1.01. The Kier molecular flexibility index (Phi) is 6.70. The number of thiophene rings is 1. The van der Waals surface area contributed by atoms with Crippen molar-refractivity contribution in [2.45, 2.75) is 33.7 Å². The van der Waals surface area contributed by atoms with Crippen molar-refractivity contribution in [3.63, 3.8) is 0 Å². The predicted molar refractivity (Wildman–Crippen MR) is 142 cm³/mol. The van der Waals surface area contributed by atoms with Gasteiger partial charge in [-0.1, -0.05) is 0 Å². The minimum Gasteiger partial charge on any atom is -0.434 e. The number of H-pyrrole nitrogens is 1. The van der Waals surface area contributed by atoms with Crippen LogP contribution in [-0.2, 0) is 11.6 Å². The molecule has 0 aliphatic heterocycles. The van der Waals surface area contributed by atoms with Crippen molar-refractivity contribution in [1.29, 1.82) is 0 Å². The maximum atomic E-state index is 15.8. The Balaban J connectivity index is 1.99. The Morgan fingerprint density at radius 2 is 1.94 bits per heavy atom. The number of hydrogen-bond acceptors (Lipinski definition) is 6. The van der Waals surface area contributed by atoms with E-state index in [0.717, 1.165) is 16.9 Å². The minimum absolute atomic E-state index is 0.0761. The number of halogens is 1. The number of nitrogens with zero attached hydrogens (tertiary/aromatic N) is 2. The monoisotopic (exact) mass is 530 g/mol. The second kappa shape index (κ2) is 9.33. The number of nitrogens with one attached hydrogen (secondary N) is 2. The number of carbonyl (C=O) groups is 1. The van der Waals surface area contributed by atoms with E-state index in [9.17, 15) is 14.2 Å². The van der Waals surface area contributed by atoms with E-state index in [4.69, 9.17) is 4.74 Å². The topological polar surface area (TPSA) is 106 Å². The molecule has 0 unspecified atom stereocenters. The van der Waals surface area contributed by atoms with Crippen LogP contribution in [0.4, 0.5) is 4.39 Å². The van der Waals surface area contributed by atoms with Crippen LogP contribution in [0.25, 0.3) is 21.3 Å². The summed E-state index contributed by atoms with van der Waals surface area (Å²) in [6.07, 6.45) is 1.57. The molecule has 36 heavy (non-hydrogen) atoms. The summed E-state index contributed by atoms with van der Waals surface area (Å²) < 4.78 is 36.1. The lowest BCUT2D eigenvalue weighted by Gasteiger charge is -2.10. The molecule has 0 spiro atoms. The molecule has 0 fully saturated rings. The third-order valence-electron chi connectivity index (χ3n) is 5.44. The van der Waals surface area contributed by atoms with Gasteiger partial charge in [0, 0.05) is 42.0 Å². The van der Waals surface area contributed by atoms with Crippen LogP contribution in [0.1, 0.15) is 35.6 Å². The van der Waals surface area contributed by atoms with Gasteiger partial charge in [0.2, 0.25) is 5.88 Å². The van der Waals surface area contributed by atoms with Gasteiger partial charge in [0.1, 0.15) is 23.0 Å². The Morgan fingerprint density at radius 3 is 2.56 bits per heavy atom. The van der Waals surface area contributed by atoms with Gasteiger partial charge in [-0.25, -0.2) is 9.37 Å². The van der Waals surface area contributed by atoms with Crippen molar-refractivity contribution in [3.8, 4) is 22.1 Å². The molecular formula is C25H28FN4O4PS. The molecule has 0 atom stereocenters. The Hall–Kier alpha value is -3.23. The second-order valence-corrected chi connectivity index (χ2v) is 14.0. The van der Waals surface area contributed by atoms with Crippen molar-refractivity contribution in [2.75, 3.05) is 13.3 Å². The van der Waals surface area contributed by atoms with E-state index in [1.165, 1.54) is 17.9 Å². The summed E-state index contributed by atoms with van der Waals surface area (Å²) in [6, 6.07) is 5.02. The number of carbonyl (C=O) groups excluding carboxylic acids is 1. The summed E-state index contributed by atoms with van der Waals surface area (Å²) in [5.74, 6) is -1.01. The average Bonchev–Trinajstić information content (AvgIpc) is 3.32. The standard InChI is InChI=1S/C25H28FN4O4PS/c1-12(2)27-23(31)17-10-15-16(11-30(5)24(32)20(15)29-17)22-21(19(26)25(36-22)35(6,7)33)34-18-9-13(3)8-14(4)28-18/h8-12,29H,1-7H3,(H,27,31). The first-order valence-corrected chi connectivity index (χ1v) is 14.7. The predicted octanol–water partition coefficient (Wildman–Crippen LogP) is 4.92. The molecule has 0 saturated carbocycles. The van der Waals surface area contributed by atoms with E-state index < -0.39 is 13.0 Å². The van der Waals surface area contributed by atoms with Crippen LogP contribution in [0.3, 0.4) is 0 Å². The van der Waals surface area contributed by atoms with Crippen molar-refractivity contribution in [2.24, 2.45) is 7.05 Å². The zero-order chi connectivity index (χ0) is 26.5. The van der Waals surface area contributed by atoms with Crippen molar-refractivity contribution in [3.05, 3.63) is 57.5 Å². The molecule has 2 N–H and O–H groups in total. The minimum atomic E-state index is -3.01. The Bertz CT molecular complexity index is 1590. The zero-order valence-corrected chi connectivity index (χ0v) is 22.9. The molecule has 4 aromatic rings. The van der Waals surface area contributed by atoms with Crippen LogP contribution < -0.4 is 20.2 Å². The fraction of sp³-hybridized carbons (Fsp3) is 0.320. The molecule has 190 valence electrons. The van der Waals surface area contributed by atoms with Crippen molar-refractivity contribution >= 4 is 39.9 Å². The number of pyridine rings is 2. The quantitative estimate of drug-likeness (QED) is 0.344. The molecule has 0 aliphatic rings. The molecule has 0 saturated heterocycles. The molecule has 4 heterocycles. The molecule has 11 heteroatoms. The van der Waals surface area contributed by atoms with Crippen LogP contribution in [0.2, 0.25) is 0 Å². The van der Waals surface area contributed by atoms with E-state index in [-0.39, 0.29) is 45.0 Å². The largest absolute Gasteiger partial charge is 0.434 e. The number of rotatable bonds is 6. The summed E-state index contributed by atoms with van der Waals surface area (Å²) in [4.78, 5) is 33.2. The van der Waals surface area contributed by atoms with Crippen LogP contribution in [0.15, 0.2) is 29.2 Å². The molecule has 1 amide bonds. The molecular weight excluding hydrogens is 502 g/mol. The van der Waals surface area contributed by atoms with Gasteiger partial charge in [-0.05, 0) is 58.7 Å². The van der Waals surface area contributed by atoms with Crippen LogP contribution in [0.5, 0.6) is 11.6 Å². The van der Waals surface area contributed by atoms with Crippen LogP contribution >= 0.6 is 18.5 Å². The van der Waals surface area contributed by atoms with Crippen LogP contribution in [-0.4, -0.2) is 39.8 Å². The SMILES string of the molecule is Cc1cc(C)nc(Oc2c(-c3cn(C)c(=O)c4[nH]c(C(=O)NC(C)C)cc34)sc(P(C)(C)=O)c2F)c1. The smallest absolute Gasteiger partial charge is 0.274 e. The number of aromatic amines is 1. The lowest BCUT2D eigenvalue weighted by molar-refractivity contribution is 0.0939. The first-order chi connectivity index (χ1) is 16.8. The maximum Gasteiger partial charge on any atom is 0.274 e. The van der Waals surface area contributed by atoms with E-state index in [1.54, 1.807) is 25.4 Å². The number of ether oxygens (including phenoxy) is 1. The molecule has 4 aromatic heterocycles. The molecule has 0 aliphatic carbocycles. The number of aromatic nitrogens is 3. The first-order valence-electron chi connectivity index (χ1n) is 11.3. The maximum absolute atomic E-state index is 15.8. The normalized spacial score (nSPS) is 11.9. The van der Waals surface area contributed by atoms with E-state index >= 15 is 4.39 Å². The molecule has 0 bridgehead atoms. The summed E-state index contributed by atoms with van der Waals surface area (Å²) in [5, 5.41) is 3.23. The molecule has 0 aromatic carbocycles. The molecule has 4 rings (SSSR count). The zero-order valence-electron chi connectivity index (χ0n) is 21.1. The number of fused-ring (bicyclic) bond motifs is 1. The fourth-order valence-electron chi connectivity index (χ4n) is 3.94. The summed E-state index contributed by atoms with van der Waals surface area (Å²) in [6.45, 7) is 10.3. The lowest BCUT2D eigenvalue weighted by Crippen LogP contribution is -2.30. The van der Waals surface area contributed by atoms with Gasteiger partial charge < -0.3 is 24.2 Å². The summed E-state index contributed by atoms with van der Waals surface area (Å²) in [5.41, 5.74) is 2.12. The van der Waals surface area contributed by atoms with Gasteiger partial charge in [-0.15, -0.1) is 11.3 Å². The number of aryl methyl sites for hydroxylation is 3. The van der Waals surface area contributed by atoms with Gasteiger partial charge in [0.05, 0.1) is 4.88 Å². The average molecular weight is 531 g/mol. The fourth-order valence-corrected chi connectivity index (χ4v) is 6.54. The molecule has 8 nitrogen and oxygen atoms in total. The highest BCUT2D eigenvalue weighted by Crippen LogP contribution is 2.49. The van der Waals surface area contributed by atoms with E-state index in [1.807, 2.05) is 33.8 Å². The van der Waals surface area contributed by atoms with Crippen molar-refractivity contribution < 1.29 is 18.5 Å². The molecule has 0 radical (unpaired) electrons. The first kappa shape index (κ1) is 25.9. The number of hydrogen-bond donors (Lipinski definition) is 2. The van der Waals surface area contributed by atoms with Gasteiger partial charge in [0.15, 0.2) is 11.6 Å². The second-order valence-electron chi connectivity index (χ2n) is 9.52. The van der Waals surface area contributed by atoms with Gasteiger partial charge >= 0.3 is 0 Å². The van der Waals surface area contributed by atoms with Crippen molar-refractivity contribution in [1.82, 2.24) is 19.9 Å². The van der Waals surface area contributed by atoms with Gasteiger partial charge in [-0.3, -0.25) is 9.59 Å². The van der Waals surface area contributed by atoms with Gasteiger partial charge in [-0.2, -0.15) is 0 Å². The highest BCUT2D eigenvalue weighted by Gasteiger charge is 2.30. The number of amides is 1. The summed E-state index contributed by atoms with van der Waals surface area (Å²) in [7, 11) is -1.44. The highest BCUT2D eigenvalue weighted by atomic mass is 32.1. The Labute approximate surface area is 211 Å². The third-order valence-corrected chi connectivity index (χ3v) is 9.19. The Morgan fingerprint density at radius 1 is 1.25 bits per heavy atom.